The van der Waals surface area contributed by atoms with E-state index in [-0.39, 0.29) is 0 Å². The molecule has 0 saturated carbocycles. The third kappa shape index (κ3) is 1.51. The zero-order chi connectivity index (χ0) is 10.1. The Morgan fingerprint density at radius 2 is 2.29 bits per heavy atom. The maximum Gasteiger partial charge on any atom is 0.150 e. The minimum Gasteiger partial charge on any atom is -0.298 e. The van der Waals surface area contributed by atoms with Crippen molar-refractivity contribution >= 4 is 43.6 Å². The Hall–Kier alpha value is -0.670. The van der Waals surface area contributed by atoms with Gasteiger partial charge in [-0.05, 0) is 40.0 Å². The number of aryl methyl sites for hydroxylation is 1. The van der Waals surface area contributed by atoms with E-state index in [1.807, 2.05) is 12.1 Å². The predicted octanol–water partition coefficient (Wildman–Crippen LogP) is 4.04. The van der Waals surface area contributed by atoms with Crippen molar-refractivity contribution in [3.8, 4) is 0 Å². The summed E-state index contributed by atoms with van der Waals surface area (Å²) < 4.78 is 2.31. The highest BCUT2D eigenvalue weighted by Gasteiger charge is 2.07. The first kappa shape index (κ1) is 9.87. The summed E-state index contributed by atoms with van der Waals surface area (Å²) >= 11 is 5.19. The average Bonchev–Trinajstić information content (AvgIpc) is 2.59. The Morgan fingerprint density at radius 3 is 2.93 bits per heavy atom. The molecule has 1 aromatic heterocycles. The lowest BCUT2D eigenvalue weighted by atomic mass is 10.1. The minimum atomic E-state index is 0.767. The van der Waals surface area contributed by atoms with Gasteiger partial charge in [-0.25, -0.2) is 0 Å². The van der Waals surface area contributed by atoms with Crippen molar-refractivity contribution in [3.05, 3.63) is 33.1 Å². The lowest BCUT2D eigenvalue weighted by Gasteiger charge is -2.01. The molecule has 1 nitrogen and oxygen atoms in total. The lowest BCUT2D eigenvalue weighted by Crippen LogP contribution is -1.86. The Bertz CT molecular complexity index is 487. The highest BCUT2D eigenvalue weighted by Crippen LogP contribution is 2.33. The third-order valence-electron chi connectivity index (χ3n) is 2.25. The first-order valence-corrected chi connectivity index (χ1v) is 6.08. The van der Waals surface area contributed by atoms with Crippen molar-refractivity contribution in [1.82, 2.24) is 0 Å². The number of fused-ring (bicyclic) bond motifs is 1. The Balaban J connectivity index is 2.82. The first-order chi connectivity index (χ1) is 6.76. The fourth-order valence-electron chi connectivity index (χ4n) is 1.58. The van der Waals surface area contributed by atoms with Gasteiger partial charge in [-0.3, -0.25) is 4.79 Å². The molecular weight excluding hydrogens is 260 g/mol. The van der Waals surface area contributed by atoms with Crippen LogP contribution in [0.5, 0.6) is 0 Å². The summed E-state index contributed by atoms with van der Waals surface area (Å²) in [5, 5.41) is 3.32. The molecule has 0 aliphatic heterocycles. The quantitative estimate of drug-likeness (QED) is 0.752. The van der Waals surface area contributed by atoms with Gasteiger partial charge in [0.2, 0.25) is 0 Å². The Labute approximate surface area is 94.9 Å². The zero-order valence-electron chi connectivity index (χ0n) is 7.71. The smallest absolute Gasteiger partial charge is 0.150 e. The summed E-state index contributed by atoms with van der Waals surface area (Å²) in [7, 11) is 0. The van der Waals surface area contributed by atoms with E-state index in [1.165, 1.54) is 15.6 Å². The number of thiophene rings is 1. The normalized spacial score (nSPS) is 10.7. The van der Waals surface area contributed by atoms with Crippen LogP contribution in [0.4, 0.5) is 0 Å². The highest BCUT2D eigenvalue weighted by molar-refractivity contribution is 9.10. The first-order valence-electron chi connectivity index (χ1n) is 4.41. The summed E-state index contributed by atoms with van der Waals surface area (Å²) in [5.41, 5.74) is 2.00. The van der Waals surface area contributed by atoms with Gasteiger partial charge in [0.05, 0.1) is 0 Å². The van der Waals surface area contributed by atoms with Crippen molar-refractivity contribution in [1.29, 1.82) is 0 Å². The van der Waals surface area contributed by atoms with Gasteiger partial charge in [0, 0.05) is 25.5 Å². The number of carbonyl (C=O) groups is 1. The fraction of sp³-hybridized carbons (Fsp3) is 0.182. The fourth-order valence-corrected chi connectivity index (χ4v) is 3.37. The summed E-state index contributed by atoms with van der Waals surface area (Å²) in [5.74, 6) is 0. The summed E-state index contributed by atoms with van der Waals surface area (Å²) in [6.45, 7) is 2.10. The van der Waals surface area contributed by atoms with Gasteiger partial charge in [-0.15, -0.1) is 11.3 Å². The lowest BCUT2D eigenvalue weighted by molar-refractivity contribution is 0.112. The molecule has 0 spiro atoms. The molecule has 0 amide bonds. The van der Waals surface area contributed by atoms with Crippen LogP contribution in [0.1, 0.15) is 22.8 Å². The van der Waals surface area contributed by atoms with E-state index in [4.69, 9.17) is 0 Å². The van der Waals surface area contributed by atoms with E-state index in [1.54, 1.807) is 11.3 Å². The Kier molecular flexibility index (Phi) is 2.70. The second-order valence-corrected chi connectivity index (χ2v) is 4.87. The largest absolute Gasteiger partial charge is 0.298 e. The molecule has 0 radical (unpaired) electrons. The highest BCUT2D eigenvalue weighted by atomic mass is 79.9. The van der Waals surface area contributed by atoms with E-state index in [0.29, 0.717) is 0 Å². The van der Waals surface area contributed by atoms with Crippen LogP contribution >= 0.6 is 27.3 Å². The van der Waals surface area contributed by atoms with Crippen LogP contribution in [-0.4, -0.2) is 6.29 Å². The number of halogens is 1. The number of hydrogen-bond acceptors (Lipinski definition) is 2. The zero-order valence-corrected chi connectivity index (χ0v) is 10.1. The second kappa shape index (κ2) is 3.83. The van der Waals surface area contributed by atoms with Crippen LogP contribution in [0.15, 0.2) is 22.0 Å². The van der Waals surface area contributed by atoms with Gasteiger partial charge in [0.25, 0.3) is 0 Å². The van der Waals surface area contributed by atoms with Crippen molar-refractivity contribution in [3.63, 3.8) is 0 Å². The SMILES string of the molecule is CCc1cc(C=O)cc2scc(Br)c12. The molecule has 0 fully saturated rings. The van der Waals surface area contributed by atoms with Gasteiger partial charge in [0.1, 0.15) is 6.29 Å². The third-order valence-corrected chi connectivity index (χ3v) is 4.11. The molecule has 1 heterocycles. The minimum absolute atomic E-state index is 0.767. The van der Waals surface area contributed by atoms with Crippen molar-refractivity contribution in [2.45, 2.75) is 13.3 Å². The van der Waals surface area contributed by atoms with Crippen molar-refractivity contribution in [2.24, 2.45) is 0 Å². The monoisotopic (exact) mass is 268 g/mol. The molecule has 3 heteroatoms. The van der Waals surface area contributed by atoms with Gasteiger partial charge in [-0.2, -0.15) is 0 Å². The van der Waals surface area contributed by atoms with E-state index < -0.39 is 0 Å². The van der Waals surface area contributed by atoms with Crippen LogP contribution < -0.4 is 0 Å². The average molecular weight is 269 g/mol. The molecule has 0 unspecified atom stereocenters. The molecule has 0 atom stereocenters. The van der Waals surface area contributed by atoms with Crippen molar-refractivity contribution < 1.29 is 4.79 Å². The number of aldehydes is 1. The molecule has 72 valence electrons. The molecule has 0 saturated heterocycles. The van der Waals surface area contributed by atoms with Crippen LogP contribution in [0.25, 0.3) is 10.1 Å². The van der Waals surface area contributed by atoms with Gasteiger partial charge < -0.3 is 0 Å². The van der Waals surface area contributed by atoms with Gasteiger partial charge in [-0.1, -0.05) is 6.92 Å². The number of benzene rings is 1. The maximum atomic E-state index is 10.7. The molecular formula is C11H9BrOS. The summed E-state index contributed by atoms with van der Waals surface area (Å²) in [6.07, 6.45) is 1.86. The van der Waals surface area contributed by atoms with Crippen molar-refractivity contribution in [2.75, 3.05) is 0 Å². The number of hydrogen-bond donors (Lipinski definition) is 0. The van der Waals surface area contributed by atoms with Crippen LogP contribution in [0, 0.1) is 0 Å². The van der Waals surface area contributed by atoms with Gasteiger partial charge in [0.15, 0.2) is 0 Å². The summed E-state index contributed by atoms with van der Waals surface area (Å²) in [6, 6.07) is 3.91. The molecule has 0 N–H and O–H groups in total. The van der Waals surface area contributed by atoms with Crippen LogP contribution in [0.2, 0.25) is 0 Å². The molecule has 0 bridgehead atoms. The van der Waals surface area contributed by atoms with E-state index in [9.17, 15) is 4.79 Å². The van der Waals surface area contributed by atoms with Crippen LogP contribution in [-0.2, 0) is 6.42 Å². The maximum absolute atomic E-state index is 10.7. The molecule has 1 aromatic carbocycles. The van der Waals surface area contributed by atoms with E-state index in [2.05, 4.69) is 28.2 Å². The number of rotatable bonds is 2. The molecule has 2 aromatic rings. The number of carbonyl (C=O) groups excluding carboxylic acids is 1. The van der Waals surface area contributed by atoms with Gasteiger partial charge >= 0.3 is 0 Å². The Morgan fingerprint density at radius 1 is 1.50 bits per heavy atom. The molecule has 2 rings (SSSR count). The van der Waals surface area contributed by atoms with E-state index in [0.717, 1.165) is 22.7 Å². The summed E-state index contributed by atoms with van der Waals surface area (Å²) in [4.78, 5) is 10.7. The molecule has 0 aliphatic carbocycles. The molecule has 14 heavy (non-hydrogen) atoms. The standard InChI is InChI=1S/C11H9BrOS/c1-2-8-3-7(5-13)4-10-11(8)9(12)6-14-10/h3-6H,2H2,1H3. The predicted molar refractivity (Wildman–Crippen MR) is 64.3 cm³/mol. The van der Waals surface area contributed by atoms with Crippen LogP contribution in [0.3, 0.4) is 0 Å². The second-order valence-electron chi connectivity index (χ2n) is 3.11. The van der Waals surface area contributed by atoms with E-state index >= 15 is 0 Å². The topological polar surface area (TPSA) is 17.1 Å². The molecule has 0 aliphatic rings.